The molecule has 2 aromatic carbocycles. The minimum atomic E-state index is -0.519. The summed E-state index contributed by atoms with van der Waals surface area (Å²) < 4.78 is 16.0. The Bertz CT molecular complexity index is 977. The zero-order valence-electron chi connectivity index (χ0n) is 19.4. The lowest BCUT2D eigenvalue weighted by molar-refractivity contribution is -0.123. The Morgan fingerprint density at radius 1 is 0.882 bits per heavy atom. The second-order valence-corrected chi connectivity index (χ2v) is 8.04. The van der Waals surface area contributed by atoms with E-state index >= 15 is 0 Å². The summed E-state index contributed by atoms with van der Waals surface area (Å²) in [5.41, 5.74) is 5.56. The highest BCUT2D eigenvalue weighted by Crippen LogP contribution is 2.14. The van der Waals surface area contributed by atoms with Crippen LogP contribution in [0.4, 0.5) is 0 Å². The summed E-state index contributed by atoms with van der Waals surface area (Å²) in [7, 11) is 0. The van der Waals surface area contributed by atoms with E-state index in [1.807, 2.05) is 20.8 Å². The number of hydrogen-bond donors (Lipinski definition) is 3. The Morgan fingerprint density at radius 2 is 1.47 bits per heavy atom. The maximum Gasteiger partial charge on any atom is 0.338 e. The molecular weight excluding hydrogens is 458 g/mol. The van der Waals surface area contributed by atoms with Crippen molar-refractivity contribution in [3.8, 4) is 11.5 Å². The van der Waals surface area contributed by atoms with E-state index in [1.165, 1.54) is 0 Å². The van der Waals surface area contributed by atoms with Crippen molar-refractivity contribution in [3.05, 3.63) is 59.7 Å². The number of thiocarbonyl (C=S) groups is 1. The van der Waals surface area contributed by atoms with Crippen molar-refractivity contribution < 1.29 is 28.6 Å². The van der Waals surface area contributed by atoms with Crippen LogP contribution in [-0.2, 0) is 9.53 Å². The molecule has 0 bridgehead atoms. The summed E-state index contributed by atoms with van der Waals surface area (Å²) in [6.45, 7) is 6.64. The zero-order valence-corrected chi connectivity index (χ0v) is 20.2. The fourth-order valence-electron chi connectivity index (χ4n) is 2.45. The van der Waals surface area contributed by atoms with Gasteiger partial charge in [0.2, 0.25) is 0 Å². The van der Waals surface area contributed by atoms with Gasteiger partial charge in [0.1, 0.15) is 11.5 Å². The lowest BCUT2D eigenvalue weighted by Gasteiger charge is -2.12. The molecule has 0 fully saturated rings. The highest BCUT2D eigenvalue weighted by molar-refractivity contribution is 7.80. The molecule has 0 saturated heterocycles. The predicted molar refractivity (Wildman–Crippen MR) is 131 cm³/mol. The van der Waals surface area contributed by atoms with Gasteiger partial charge in [0.05, 0.1) is 18.8 Å². The van der Waals surface area contributed by atoms with Gasteiger partial charge in [-0.05, 0) is 73.1 Å². The number of ether oxygens (including phenoxy) is 3. The third-order valence-electron chi connectivity index (χ3n) is 4.14. The Labute approximate surface area is 204 Å². The number of hydrazine groups is 1. The van der Waals surface area contributed by atoms with Crippen LogP contribution in [0.15, 0.2) is 48.5 Å². The molecule has 182 valence electrons. The third-order valence-corrected chi connectivity index (χ3v) is 4.34. The van der Waals surface area contributed by atoms with Crippen molar-refractivity contribution in [3.63, 3.8) is 0 Å². The van der Waals surface area contributed by atoms with Gasteiger partial charge in [-0.1, -0.05) is 20.8 Å². The number of esters is 1. The lowest BCUT2D eigenvalue weighted by atomic mass is 10.2. The summed E-state index contributed by atoms with van der Waals surface area (Å²) in [4.78, 5) is 36.0. The Kier molecular flexibility index (Phi) is 10.8. The van der Waals surface area contributed by atoms with Gasteiger partial charge in [0, 0.05) is 5.56 Å². The van der Waals surface area contributed by atoms with Gasteiger partial charge in [-0.15, -0.1) is 0 Å². The number of rotatable bonds is 10. The van der Waals surface area contributed by atoms with Crippen LogP contribution in [0.1, 0.15) is 47.9 Å². The molecule has 10 heteroatoms. The quantitative estimate of drug-likeness (QED) is 0.266. The first-order valence-electron chi connectivity index (χ1n) is 10.8. The summed E-state index contributed by atoms with van der Waals surface area (Å²) >= 11 is 5.02. The maximum atomic E-state index is 12.3. The summed E-state index contributed by atoms with van der Waals surface area (Å²) in [5, 5.41) is 2.39. The zero-order chi connectivity index (χ0) is 24.9. The molecule has 34 heavy (non-hydrogen) atoms. The monoisotopic (exact) mass is 487 g/mol. The van der Waals surface area contributed by atoms with Crippen LogP contribution in [0.2, 0.25) is 0 Å². The average Bonchev–Trinajstić information content (AvgIpc) is 2.84. The second-order valence-electron chi connectivity index (χ2n) is 7.63. The van der Waals surface area contributed by atoms with Crippen LogP contribution in [0.3, 0.4) is 0 Å². The average molecular weight is 488 g/mol. The van der Waals surface area contributed by atoms with Crippen LogP contribution in [0.25, 0.3) is 0 Å². The number of amides is 2. The van der Waals surface area contributed by atoms with Crippen molar-refractivity contribution in [1.29, 1.82) is 0 Å². The van der Waals surface area contributed by atoms with E-state index in [0.29, 0.717) is 41.8 Å². The van der Waals surface area contributed by atoms with E-state index < -0.39 is 17.8 Å². The van der Waals surface area contributed by atoms with Gasteiger partial charge in [-0.3, -0.25) is 25.8 Å². The van der Waals surface area contributed by atoms with E-state index in [-0.39, 0.29) is 11.7 Å². The lowest BCUT2D eigenvalue weighted by Crippen LogP contribution is -2.49. The normalized spacial score (nSPS) is 10.2. The van der Waals surface area contributed by atoms with E-state index in [9.17, 15) is 14.4 Å². The highest BCUT2D eigenvalue weighted by Gasteiger charge is 2.10. The molecule has 0 spiro atoms. The van der Waals surface area contributed by atoms with Crippen molar-refractivity contribution in [1.82, 2.24) is 16.2 Å². The Balaban J connectivity index is 1.70. The van der Waals surface area contributed by atoms with Crippen molar-refractivity contribution in [2.24, 2.45) is 5.92 Å². The third kappa shape index (κ3) is 9.45. The van der Waals surface area contributed by atoms with E-state index in [1.54, 1.807) is 48.5 Å². The number of hydrogen-bond acceptors (Lipinski definition) is 7. The van der Waals surface area contributed by atoms with Crippen LogP contribution in [0.5, 0.6) is 11.5 Å². The molecule has 2 aromatic rings. The second kappa shape index (κ2) is 13.8. The maximum absolute atomic E-state index is 12.3. The molecule has 9 nitrogen and oxygen atoms in total. The first-order valence-corrected chi connectivity index (χ1v) is 11.2. The van der Waals surface area contributed by atoms with Gasteiger partial charge >= 0.3 is 5.97 Å². The van der Waals surface area contributed by atoms with Crippen LogP contribution in [-0.4, -0.2) is 42.7 Å². The van der Waals surface area contributed by atoms with E-state index in [2.05, 4.69) is 16.2 Å². The topological polar surface area (TPSA) is 115 Å². The van der Waals surface area contributed by atoms with Gasteiger partial charge in [-0.25, -0.2) is 4.79 Å². The van der Waals surface area contributed by atoms with Gasteiger partial charge in [0.15, 0.2) is 11.7 Å². The number of benzene rings is 2. The number of carbonyl (C=O) groups excluding carboxylic acids is 3. The molecular formula is C24H29N3O6S. The molecule has 0 aromatic heterocycles. The standard InChI is InChI=1S/C24H29N3O6S/c1-4-13-31-23(30)18-7-11-20(12-8-18)33-15-21(28)26-27-24(34)25-22(29)17-5-9-19(10-6-17)32-14-16(2)3/h5-12,16H,4,13-15H2,1-3H3,(H,26,28)(H2,25,27,29,34). The molecule has 0 unspecified atom stereocenters. The fraction of sp³-hybridized carbons (Fsp3) is 0.333. The van der Waals surface area contributed by atoms with E-state index in [4.69, 9.17) is 26.4 Å². The number of carbonyl (C=O) groups is 3. The van der Waals surface area contributed by atoms with Crippen LogP contribution in [0, 0.1) is 5.92 Å². The highest BCUT2D eigenvalue weighted by atomic mass is 32.1. The predicted octanol–water partition coefficient (Wildman–Crippen LogP) is 3.00. The van der Waals surface area contributed by atoms with Gasteiger partial charge in [0.25, 0.3) is 11.8 Å². The van der Waals surface area contributed by atoms with E-state index in [0.717, 1.165) is 6.42 Å². The molecule has 2 rings (SSSR count). The van der Waals surface area contributed by atoms with Crippen molar-refractivity contribution in [2.75, 3.05) is 19.8 Å². The van der Waals surface area contributed by atoms with Gasteiger partial charge in [-0.2, -0.15) is 0 Å². The van der Waals surface area contributed by atoms with Crippen LogP contribution < -0.4 is 25.6 Å². The molecule has 0 atom stereocenters. The van der Waals surface area contributed by atoms with Crippen molar-refractivity contribution >= 4 is 35.1 Å². The van der Waals surface area contributed by atoms with Crippen LogP contribution >= 0.6 is 12.2 Å². The molecule has 2 amide bonds. The first kappa shape index (κ1) is 26.6. The Hall–Kier alpha value is -3.66. The van der Waals surface area contributed by atoms with Gasteiger partial charge < -0.3 is 14.2 Å². The smallest absolute Gasteiger partial charge is 0.338 e. The first-order chi connectivity index (χ1) is 16.3. The molecule has 0 aliphatic heterocycles. The minimum Gasteiger partial charge on any atom is -0.493 e. The molecule has 0 aliphatic rings. The Morgan fingerprint density at radius 3 is 2.06 bits per heavy atom. The number of nitrogens with one attached hydrogen (secondary N) is 3. The SMILES string of the molecule is CCCOC(=O)c1ccc(OCC(=O)NNC(=S)NC(=O)c2ccc(OCC(C)C)cc2)cc1. The molecule has 3 N–H and O–H groups in total. The minimum absolute atomic E-state index is 0.0755. The largest absolute Gasteiger partial charge is 0.493 e. The van der Waals surface area contributed by atoms with Crippen molar-refractivity contribution in [2.45, 2.75) is 27.2 Å². The summed E-state index contributed by atoms with van der Waals surface area (Å²) in [6.07, 6.45) is 0.740. The molecule has 0 heterocycles. The molecule has 0 aliphatic carbocycles. The fourth-order valence-corrected chi connectivity index (χ4v) is 2.59. The molecule has 0 saturated carbocycles. The molecule has 0 radical (unpaired) electrons. The summed E-state index contributed by atoms with van der Waals surface area (Å²) in [6, 6.07) is 12.9. The summed E-state index contributed by atoms with van der Waals surface area (Å²) in [5.74, 6) is 0.101.